The van der Waals surface area contributed by atoms with Gasteiger partial charge in [-0.2, -0.15) is 0 Å². The Bertz CT molecular complexity index is 1100. The maximum Gasteiger partial charge on any atom is 0.338 e. The molecule has 9 unspecified atom stereocenters. The van der Waals surface area contributed by atoms with Crippen LogP contribution < -0.4 is 0 Å². The van der Waals surface area contributed by atoms with Gasteiger partial charge in [-0.05, 0) is 85.4 Å². The van der Waals surface area contributed by atoms with Crippen LogP contribution in [0.3, 0.4) is 0 Å². The van der Waals surface area contributed by atoms with Gasteiger partial charge in [0.2, 0.25) is 0 Å². The van der Waals surface area contributed by atoms with E-state index in [1.165, 1.54) is 19.3 Å². The summed E-state index contributed by atoms with van der Waals surface area (Å²) in [4.78, 5) is 26.8. The second kappa shape index (κ2) is 8.37. The molecule has 4 aliphatic rings. The first kappa shape index (κ1) is 24.6. The van der Waals surface area contributed by atoms with Crippen LogP contribution in [0.1, 0.15) is 60.2 Å². The van der Waals surface area contributed by atoms with Crippen LogP contribution in [0.5, 0.6) is 0 Å². The van der Waals surface area contributed by atoms with Crippen molar-refractivity contribution in [1.29, 1.82) is 0 Å². The number of rotatable bonds is 6. The predicted octanol–water partition coefficient (Wildman–Crippen LogP) is 6.39. The minimum atomic E-state index is -0.450. The largest absolute Gasteiger partial charge is 0.454 e. The molecule has 0 aromatic heterocycles. The molecular weight excluding hydrogens is 486 g/mol. The summed E-state index contributed by atoms with van der Waals surface area (Å²) < 4.78 is 12.8. The number of benzene rings is 2. The van der Waals surface area contributed by atoms with E-state index in [-0.39, 0.29) is 22.8 Å². The van der Waals surface area contributed by atoms with Gasteiger partial charge in [0.1, 0.15) is 12.2 Å². The maximum atomic E-state index is 13.4. The molecule has 0 saturated heterocycles. The second-order valence-electron chi connectivity index (χ2n) is 12.0. The van der Waals surface area contributed by atoms with Crippen LogP contribution in [0.4, 0.5) is 0 Å². The number of ether oxygens (including phenoxy) is 2. The van der Waals surface area contributed by atoms with Gasteiger partial charge in [0, 0.05) is 10.8 Å². The second-order valence-corrected chi connectivity index (χ2v) is 15.0. The number of hydrogen-bond acceptors (Lipinski definition) is 4. The van der Waals surface area contributed by atoms with Gasteiger partial charge >= 0.3 is 11.9 Å². The Balaban J connectivity index is 1.43. The highest BCUT2D eigenvalue weighted by Crippen LogP contribution is 2.84. The van der Waals surface area contributed by atoms with Gasteiger partial charge in [-0.25, -0.2) is 9.59 Å². The molecule has 36 heavy (non-hydrogen) atoms. The van der Waals surface area contributed by atoms with E-state index in [1.807, 2.05) is 36.4 Å². The van der Waals surface area contributed by atoms with Crippen molar-refractivity contribution in [1.82, 2.24) is 0 Å². The third-order valence-electron chi connectivity index (χ3n) is 10.4. The van der Waals surface area contributed by atoms with Gasteiger partial charge in [-0.1, -0.05) is 50.2 Å². The molecule has 0 radical (unpaired) electrons. The summed E-state index contributed by atoms with van der Waals surface area (Å²) >= 11 is 0. The van der Waals surface area contributed by atoms with Crippen molar-refractivity contribution in [3.05, 3.63) is 71.8 Å². The van der Waals surface area contributed by atoms with Crippen LogP contribution in [0, 0.1) is 22.7 Å². The number of hydrogen-bond donors (Lipinski definition) is 0. The third-order valence-corrected chi connectivity index (χ3v) is 13.9. The van der Waals surface area contributed by atoms with Crippen LogP contribution in [-0.2, 0) is 9.47 Å². The maximum absolute atomic E-state index is 13.4. The summed E-state index contributed by atoms with van der Waals surface area (Å²) in [5.41, 5.74) is 0.669. The fourth-order valence-corrected chi connectivity index (χ4v) is 12.8. The van der Waals surface area contributed by atoms with Gasteiger partial charge in [0.25, 0.3) is 0 Å². The predicted molar refractivity (Wildman–Crippen MR) is 147 cm³/mol. The highest BCUT2D eigenvalue weighted by Gasteiger charge is 2.83. The molecule has 0 heterocycles. The summed E-state index contributed by atoms with van der Waals surface area (Å²) in [5.74, 6) is 0.358. The number of esters is 2. The standard InChI is InChI=1S/C30H36O4P2/c1-27-17-28(2,22-21(27)29(35-3)15-16-30(22,18-29)36-4)24(34-26(32)20-13-9-6-10-14-20)23(27)33-25(31)19-11-7-5-8-12-19/h5-14,21-24,35-36H,15-18H2,1-4H3/t21?,22?,23?,24?,27-,28?,29?,30?/m1/s1. The molecular formula is C30H36O4P2. The number of carbonyl (C=O) groups is 2. The van der Waals surface area contributed by atoms with Gasteiger partial charge in [-0.3, -0.25) is 0 Å². The lowest BCUT2D eigenvalue weighted by Crippen LogP contribution is -2.59. The molecule has 2 aromatic rings. The monoisotopic (exact) mass is 522 g/mol. The van der Waals surface area contributed by atoms with Crippen molar-refractivity contribution < 1.29 is 19.1 Å². The van der Waals surface area contributed by atoms with Gasteiger partial charge in [0.15, 0.2) is 0 Å². The SMILES string of the molecule is CPC12CCC(PC)(C1)C1C2C2(C)C[C@@]1(C)C(OC(=O)c1ccccc1)C2OC(=O)c1ccccc1. The molecule has 4 saturated carbocycles. The molecule has 0 spiro atoms. The van der Waals surface area contributed by atoms with Crippen molar-refractivity contribution in [3.63, 3.8) is 0 Å². The van der Waals surface area contributed by atoms with E-state index >= 15 is 0 Å². The van der Waals surface area contributed by atoms with Crippen molar-refractivity contribution in [2.24, 2.45) is 22.7 Å². The van der Waals surface area contributed by atoms with Gasteiger partial charge in [0.05, 0.1) is 11.1 Å². The Morgan fingerprint density at radius 3 is 1.44 bits per heavy atom. The average molecular weight is 523 g/mol. The summed E-state index contributed by atoms with van der Waals surface area (Å²) in [5, 5.41) is 0.651. The molecule has 0 amide bonds. The Morgan fingerprint density at radius 1 is 0.694 bits per heavy atom. The highest BCUT2D eigenvalue weighted by molar-refractivity contribution is 7.41. The molecule has 4 nitrogen and oxygen atoms in total. The normalized spacial score (nSPS) is 42.4. The van der Waals surface area contributed by atoms with Crippen molar-refractivity contribution >= 4 is 29.1 Å². The van der Waals surface area contributed by atoms with E-state index < -0.39 is 12.2 Å². The topological polar surface area (TPSA) is 52.6 Å². The van der Waals surface area contributed by atoms with Crippen LogP contribution in [0.15, 0.2) is 60.7 Å². The smallest absolute Gasteiger partial charge is 0.338 e. The molecule has 10 atom stereocenters. The summed E-state index contributed by atoms with van der Waals surface area (Å²) in [6.07, 6.45) is 3.88. The summed E-state index contributed by atoms with van der Waals surface area (Å²) in [6, 6.07) is 18.4. The minimum absolute atomic E-state index is 0.212. The fraction of sp³-hybridized carbons (Fsp3) is 0.533. The van der Waals surface area contributed by atoms with Gasteiger partial charge in [-0.15, -0.1) is 17.2 Å². The van der Waals surface area contributed by atoms with E-state index in [1.54, 1.807) is 24.3 Å². The van der Waals surface area contributed by atoms with Crippen molar-refractivity contribution in [2.45, 2.75) is 62.1 Å². The fourth-order valence-electron chi connectivity index (χ4n) is 9.31. The lowest BCUT2D eigenvalue weighted by atomic mass is 9.59. The Labute approximate surface area is 217 Å². The van der Waals surface area contributed by atoms with Crippen LogP contribution in [0.25, 0.3) is 0 Å². The number of fused-ring (bicyclic) bond motifs is 9. The molecule has 0 aliphatic heterocycles. The molecule has 0 N–H and O–H groups in total. The Hall–Kier alpha value is -1.76. The molecule has 6 rings (SSSR count). The molecule has 4 aliphatic carbocycles. The average Bonchev–Trinajstić information content (AvgIpc) is 3.58. The number of carbonyl (C=O) groups excluding carboxylic acids is 2. The zero-order valence-corrected chi connectivity index (χ0v) is 23.5. The van der Waals surface area contributed by atoms with E-state index in [0.717, 1.165) is 23.6 Å². The minimum Gasteiger partial charge on any atom is -0.454 e. The molecule has 2 aromatic carbocycles. The lowest BCUT2D eigenvalue weighted by molar-refractivity contribution is -0.133. The lowest BCUT2D eigenvalue weighted by Gasteiger charge is -2.55. The first-order valence-electron chi connectivity index (χ1n) is 13.1. The highest BCUT2D eigenvalue weighted by atomic mass is 31.1. The summed E-state index contributed by atoms with van der Waals surface area (Å²) in [6.45, 7) is 9.44. The van der Waals surface area contributed by atoms with Crippen LogP contribution >= 0.6 is 17.2 Å². The van der Waals surface area contributed by atoms with Crippen molar-refractivity contribution in [2.75, 3.05) is 13.3 Å². The molecule has 4 bridgehead atoms. The molecule has 4 fully saturated rings. The van der Waals surface area contributed by atoms with Crippen molar-refractivity contribution in [3.8, 4) is 0 Å². The Kier molecular flexibility index (Phi) is 5.71. The van der Waals surface area contributed by atoms with E-state index in [0.29, 0.717) is 33.3 Å². The zero-order valence-electron chi connectivity index (χ0n) is 21.5. The Morgan fingerprint density at radius 2 is 1.08 bits per heavy atom. The third kappa shape index (κ3) is 3.19. The quantitative estimate of drug-likeness (QED) is 0.251. The molecule has 190 valence electrons. The van der Waals surface area contributed by atoms with Gasteiger partial charge < -0.3 is 9.47 Å². The van der Waals surface area contributed by atoms with E-state index in [9.17, 15) is 9.59 Å². The molecule has 6 heteroatoms. The first-order chi connectivity index (χ1) is 17.2. The zero-order chi connectivity index (χ0) is 25.3. The van der Waals surface area contributed by atoms with Crippen LogP contribution in [0.2, 0.25) is 0 Å². The first-order valence-corrected chi connectivity index (χ1v) is 16.1. The van der Waals surface area contributed by atoms with E-state index in [4.69, 9.17) is 9.47 Å². The summed E-state index contributed by atoms with van der Waals surface area (Å²) in [7, 11) is 1.75. The van der Waals surface area contributed by atoms with E-state index in [2.05, 4.69) is 27.2 Å². The van der Waals surface area contributed by atoms with Crippen LogP contribution in [-0.4, -0.2) is 47.8 Å².